The first-order valence-electron chi connectivity index (χ1n) is 7.32. The molecule has 0 bridgehead atoms. The third-order valence-corrected chi connectivity index (χ3v) is 4.60. The lowest BCUT2D eigenvalue weighted by molar-refractivity contribution is 0.172. The Morgan fingerprint density at radius 2 is 2.05 bits per heavy atom. The third kappa shape index (κ3) is 2.26. The summed E-state index contributed by atoms with van der Waals surface area (Å²) in [6, 6.07) is 4.19. The van der Waals surface area contributed by atoms with Crippen molar-refractivity contribution < 1.29 is 0 Å². The van der Waals surface area contributed by atoms with E-state index in [1.807, 2.05) is 4.52 Å². The average Bonchev–Trinajstić information content (AvgIpc) is 3.04. The summed E-state index contributed by atoms with van der Waals surface area (Å²) in [5.41, 5.74) is 2.38. The van der Waals surface area contributed by atoms with E-state index in [9.17, 15) is 0 Å². The molecule has 0 amide bonds. The number of hydrogen-bond acceptors (Lipinski definition) is 4. The molecule has 1 fully saturated rings. The lowest BCUT2D eigenvalue weighted by atomic mass is 9.96. The molecule has 1 saturated carbocycles. The summed E-state index contributed by atoms with van der Waals surface area (Å²) in [4.78, 5) is 6.65. The molecule has 0 spiro atoms. The zero-order valence-corrected chi connectivity index (χ0v) is 12.6. The van der Waals surface area contributed by atoms with Gasteiger partial charge in [-0.3, -0.25) is 0 Å². The summed E-state index contributed by atoms with van der Waals surface area (Å²) >= 11 is 0. The van der Waals surface area contributed by atoms with Crippen LogP contribution >= 0.6 is 0 Å². The van der Waals surface area contributed by atoms with E-state index < -0.39 is 0 Å². The highest BCUT2D eigenvalue weighted by molar-refractivity contribution is 5.51. The molecule has 0 atom stereocenters. The summed E-state index contributed by atoms with van der Waals surface area (Å²) in [5, 5.41) is 7.90. The maximum absolute atomic E-state index is 4.30. The van der Waals surface area contributed by atoms with Gasteiger partial charge in [-0.05, 0) is 51.6 Å². The zero-order chi connectivity index (χ0) is 14.2. The molecular weight excluding hydrogens is 250 g/mol. The molecule has 2 aromatic heterocycles. The van der Waals surface area contributed by atoms with Crippen LogP contribution in [0.2, 0.25) is 0 Å². The van der Waals surface area contributed by atoms with Crippen LogP contribution in [0.4, 0.5) is 5.82 Å². The fourth-order valence-corrected chi connectivity index (χ4v) is 3.25. The van der Waals surface area contributed by atoms with E-state index in [4.69, 9.17) is 0 Å². The Morgan fingerprint density at radius 3 is 2.75 bits per heavy atom. The fraction of sp³-hybridized carbons (Fsp3) is 0.600. The minimum absolute atomic E-state index is 0.274. The molecule has 3 rings (SSSR count). The Labute approximate surface area is 120 Å². The number of aryl methyl sites for hydroxylation is 1. The van der Waals surface area contributed by atoms with Gasteiger partial charge >= 0.3 is 0 Å². The van der Waals surface area contributed by atoms with Gasteiger partial charge < -0.3 is 10.2 Å². The van der Waals surface area contributed by atoms with Crippen molar-refractivity contribution >= 4 is 11.5 Å². The van der Waals surface area contributed by atoms with Crippen LogP contribution in [0.25, 0.3) is 5.65 Å². The Morgan fingerprint density at radius 1 is 1.30 bits per heavy atom. The summed E-state index contributed by atoms with van der Waals surface area (Å²) in [7, 11) is 4.38. The molecule has 0 aliphatic heterocycles. The number of likely N-dealkylation sites (N-methyl/N-ethyl adjacent to an activating group) is 1. The highest BCUT2D eigenvalue weighted by Gasteiger charge is 2.35. The average molecular weight is 273 g/mol. The van der Waals surface area contributed by atoms with Crippen molar-refractivity contribution in [3.8, 4) is 0 Å². The molecule has 0 saturated heterocycles. The SMILES string of the molecule is Cc1cc(NCC2(N(C)C)CCCC2)n2ncnc2c1. The molecule has 0 aromatic carbocycles. The lowest BCUT2D eigenvalue weighted by Crippen LogP contribution is -2.47. The number of pyridine rings is 1. The highest BCUT2D eigenvalue weighted by Crippen LogP contribution is 2.34. The van der Waals surface area contributed by atoms with Crippen LogP contribution in [0.1, 0.15) is 31.2 Å². The van der Waals surface area contributed by atoms with Crippen LogP contribution in [-0.2, 0) is 0 Å². The maximum Gasteiger partial charge on any atom is 0.157 e. The van der Waals surface area contributed by atoms with E-state index in [1.54, 1.807) is 6.33 Å². The standard InChI is InChI=1S/C15H23N5/c1-12-8-13(20-14(9-12)17-11-18-20)16-10-15(19(2)3)6-4-5-7-15/h8-9,11,16H,4-7,10H2,1-3H3. The molecule has 0 unspecified atom stereocenters. The predicted octanol–water partition coefficient (Wildman–Crippen LogP) is 2.32. The van der Waals surface area contributed by atoms with Gasteiger partial charge in [0.05, 0.1) is 0 Å². The molecule has 108 valence electrons. The van der Waals surface area contributed by atoms with Gasteiger partial charge in [0.1, 0.15) is 12.1 Å². The van der Waals surface area contributed by atoms with Crippen molar-refractivity contribution in [3.63, 3.8) is 0 Å². The van der Waals surface area contributed by atoms with Gasteiger partial charge in [-0.2, -0.15) is 9.61 Å². The van der Waals surface area contributed by atoms with E-state index in [0.29, 0.717) is 0 Å². The Kier molecular flexibility index (Phi) is 3.38. The Balaban J connectivity index is 1.84. The van der Waals surface area contributed by atoms with Gasteiger partial charge in [-0.15, -0.1) is 0 Å². The first-order valence-corrected chi connectivity index (χ1v) is 7.32. The molecule has 1 N–H and O–H groups in total. The predicted molar refractivity (Wildman–Crippen MR) is 81.1 cm³/mol. The second kappa shape index (κ2) is 5.05. The van der Waals surface area contributed by atoms with Crippen LogP contribution in [0, 0.1) is 6.92 Å². The number of rotatable bonds is 4. The van der Waals surface area contributed by atoms with E-state index in [1.165, 1.54) is 31.2 Å². The van der Waals surface area contributed by atoms with Crippen LogP contribution in [0.5, 0.6) is 0 Å². The Hall–Kier alpha value is -1.62. The molecular formula is C15H23N5. The number of nitrogens with zero attached hydrogens (tertiary/aromatic N) is 4. The summed E-state index contributed by atoms with van der Waals surface area (Å²) in [6.45, 7) is 3.05. The third-order valence-electron chi connectivity index (χ3n) is 4.60. The largest absolute Gasteiger partial charge is 0.368 e. The second-order valence-corrected chi connectivity index (χ2v) is 6.13. The normalized spacial score (nSPS) is 18.0. The number of hydrogen-bond donors (Lipinski definition) is 1. The van der Waals surface area contributed by atoms with Gasteiger partial charge in [0.25, 0.3) is 0 Å². The van der Waals surface area contributed by atoms with Crippen molar-refractivity contribution in [2.75, 3.05) is 26.0 Å². The van der Waals surface area contributed by atoms with Crippen molar-refractivity contribution in [1.82, 2.24) is 19.5 Å². The zero-order valence-electron chi connectivity index (χ0n) is 12.6. The molecule has 5 nitrogen and oxygen atoms in total. The molecule has 5 heteroatoms. The minimum atomic E-state index is 0.274. The van der Waals surface area contributed by atoms with E-state index in [0.717, 1.165) is 18.0 Å². The van der Waals surface area contributed by atoms with Crippen LogP contribution in [-0.4, -0.2) is 45.7 Å². The number of nitrogens with one attached hydrogen (secondary N) is 1. The fourth-order valence-electron chi connectivity index (χ4n) is 3.25. The molecule has 20 heavy (non-hydrogen) atoms. The first kappa shape index (κ1) is 13.4. The second-order valence-electron chi connectivity index (χ2n) is 6.13. The summed E-state index contributed by atoms with van der Waals surface area (Å²) < 4.78 is 1.88. The summed E-state index contributed by atoms with van der Waals surface area (Å²) in [6.07, 6.45) is 6.79. The van der Waals surface area contributed by atoms with E-state index in [2.05, 4.69) is 53.5 Å². The van der Waals surface area contributed by atoms with Gasteiger partial charge in [0.2, 0.25) is 0 Å². The minimum Gasteiger partial charge on any atom is -0.368 e. The lowest BCUT2D eigenvalue weighted by Gasteiger charge is -2.36. The quantitative estimate of drug-likeness (QED) is 0.928. The molecule has 2 heterocycles. The van der Waals surface area contributed by atoms with E-state index in [-0.39, 0.29) is 5.54 Å². The summed E-state index contributed by atoms with van der Waals surface area (Å²) in [5.74, 6) is 1.03. The maximum atomic E-state index is 4.30. The van der Waals surface area contributed by atoms with Crippen LogP contribution in [0.3, 0.4) is 0 Å². The number of aromatic nitrogens is 3. The van der Waals surface area contributed by atoms with Gasteiger partial charge in [0, 0.05) is 12.1 Å². The molecule has 2 aromatic rings. The molecule has 0 radical (unpaired) electrons. The van der Waals surface area contributed by atoms with Crippen LogP contribution < -0.4 is 5.32 Å². The monoisotopic (exact) mass is 273 g/mol. The van der Waals surface area contributed by atoms with Crippen molar-refractivity contribution in [3.05, 3.63) is 24.0 Å². The van der Waals surface area contributed by atoms with E-state index >= 15 is 0 Å². The smallest absolute Gasteiger partial charge is 0.157 e. The molecule has 1 aliphatic carbocycles. The van der Waals surface area contributed by atoms with Gasteiger partial charge in [-0.1, -0.05) is 12.8 Å². The van der Waals surface area contributed by atoms with Crippen LogP contribution in [0.15, 0.2) is 18.5 Å². The highest BCUT2D eigenvalue weighted by atomic mass is 15.3. The van der Waals surface area contributed by atoms with Gasteiger partial charge in [-0.25, -0.2) is 4.98 Å². The van der Waals surface area contributed by atoms with Crippen molar-refractivity contribution in [1.29, 1.82) is 0 Å². The van der Waals surface area contributed by atoms with Crippen molar-refractivity contribution in [2.45, 2.75) is 38.1 Å². The number of anilines is 1. The molecule has 1 aliphatic rings. The topological polar surface area (TPSA) is 45.5 Å². The Bertz CT molecular complexity index is 595. The number of fused-ring (bicyclic) bond motifs is 1. The first-order chi connectivity index (χ1) is 9.61. The van der Waals surface area contributed by atoms with Crippen molar-refractivity contribution in [2.24, 2.45) is 0 Å². The van der Waals surface area contributed by atoms with Gasteiger partial charge in [0.15, 0.2) is 5.65 Å².